The molecular weight excluding hydrogens is 414 g/mol. The third-order valence-electron chi connectivity index (χ3n) is 11.5. The van der Waals surface area contributed by atoms with Crippen LogP contribution in [-0.2, 0) is 14.3 Å². The number of methoxy groups -OCH3 is 1. The lowest BCUT2D eigenvalue weighted by molar-refractivity contribution is -0.208. The van der Waals surface area contributed by atoms with Crippen molar-refractivity contribution < 1.29 is 19.4 Å². The molecule has 1 saturated heterocycles. The lowest BCUT2D eigenvalue weighted by Gasteiger charge is -2.67. The van der Waals surface area contributed by atoms with Gasteiger partial charge in [-0.1, -0.05) is 13.8 Å². The molecule has 0 aromatic heterocycles. The molecule has 4 saturated carbocycles. The maximum atomic E-state index is 13.6. The van der Waals surface area contributed by atoms with E-state index in [1.54, 1.807) is 0 Å². The Morgan fingerprint density at radius 3 is 2.42 bits per heavy atom. The second-order valence-corrected chi connectivity index (χ2v) is 13.2. The quantitative estimate of drug-likeness (QED) is 0.661. The molecule has 0 spiro atoms. The highest BCUT2D eigenvalue weighted by Gasteiger charge is 2.67. The van der Waals surface area contributed by atoms with E-state index in [1.807, 2.05) is 14.0 Å². The second-order valence-electron chi connectivity index (χ2n) is 13.2. The van der Waals surface area contributed by atoms with Crippen molar-refractivity contribution in [2.45, 2.75) is 84.2 Å². The van der Waals surface area contributed by atoms with Crippen molar-refractivity contribution in [3.05, 3.63) is 0 Å². The maximum absolute atomic E-state index is 13.6. The lowest BCUT2D eigenvalue weighted by atomic mass is 9.38. The third kappa shape index (κ3) is 3.84. The zero-order chi connectivity index (χ0) is 23.5. The van der Waals surface area contributed by atoms with Gasteiger partial charge in [-0.15, -0.1) is 0 Å². The number of hydrogen-bond donors (Lipinski definition) is 1. The van der Waals surface area contributed by atoms with E-state index in [-0.39, 0.29) is 22.2 Å². The zero-order valence-electron chi connectivity index (χ0n) is 21.5. The fraction of sp³-hybridized carbons (Fsp3) is 0.964. The highest BCUT2D eigenvalue weighted by molar-refractivity contribution is 5.84. The van der Waals surface area contributed by atoms with Gasteiger partial charge in [-0.2, -0.15) is 0 Å². The molecule has 0 aromatic carbocycles. The average molecular weight is 462 g/mol. The number of Topliss-reactive ketones (excluding diaryl/α,β-unsaturated/α-hetero) is 1. The monoisotopic (exact) mass is 461 g/mol. The number of aliphatic hydroxyl groups is 1. The highest BCUT2D eigenvalue weighted by atomic mass is 16.5. The van der Waals surface area contributed by atoms with Crippen LogP contribution in [0.15, 0.2) is 0 Å². The number of ether oxygens (including phenoxy) is 2. The van der Waals surface area contributed by atoms with Crippen LogP contribution in [0.1, 0.15) is 78.6 Å². The van der Waals surface area contributed by atoms with E-state index in [4.69, 9.17) is 9.47 Å². The van der Waals surface area contributed by atoms with Gasteiger partial charge in [-0.05, 0) is 93.3 Å². The van der Waals surface area contributed by atoms with E-state index in [0.29, 0.717) is 30.1 Å². The van der Waals surface area contributed by atoms with Gasteiger partial charge in [-0.3, -0.25) is 9.69 Å². The summed E-state index contributed by atoms with van der Waals surface area (Å²) in [6.07, 6.45) is 10.0. The van der Waals surface area contributed by atoms with Crippen molar-refractivity contribution >= 4 is 5.78 Å². The molecule has 4 aliphatic carbocycles. The highest BCUT2D eigenvalue weighted by Crippen LogP contribution is 2.72. The van der Waals surface area contributed by atoms with Crippen LogP contribution < -0.4 is 0 Å². The van der Waals surface area contributed by atoms with Crippen molar-refractivity contribution in [2.24, 2.45) is 39.9 Å². The molecule has 5 aliphatic rings. The maximum Gasteiger partial charge on any atom is 0.150 e. The fourth-order valence-corrected chi connectivity index (χ4v) is 10.0. The predicted molar refractivity (Wildman–Crippen MR) is 129 cm³/mol. The molecule has 1 N–H and O–H groups in total. The Hall–Kier alpha value is -0.490. The van der Waals surface area contributed by atoms with E-state index >= 15 is 0 Å². The summed E-state index contributed by atoms with van der Waals surface area (Å²) < 4.78 is 11.4. The van der Waals surface area contributed by atoms with E-state index in [9.17, 15) is 9.90 Å². The van der Waals surface area contributed by atoms with Gasteiger partial charge in [0.15, 0.2) is 0 Å². The van der Waals surface area contributed by atoms with Gasteiger partial charge >= 0.3 is 0 Å². The topological polar surface area (TPSA) is 59.0 Å². The minimum Gasteiger partial charge on any atom is -0.390 e. The van der Waals surface area contributed by atoms with Crippen LogP contribution in [-0.4, -0.2) is 68.0 Å². The number of rotatable bonds is 5. The Kier molecular flexibility index (Phi) is 6.29. The number of nitrogens with zero attached hydrogens (tertiary/aromatic N) is 1. The van der Waals surface area contributed by atoms with E-state index in [1.165, 1.54) is 32.1 Å². The first-order valence-electron chi connectivity index (χ1n) is 13.7. The summed E-state index contributed by atoms with van der Waals surface area (Å²) in [6.45, 7) is 11.8. The molecule has 0 bridgehead atoms. The molecule has 1 aliphatic heterocycles. The molecule has 8 atom stereocenters. The average Bonchev–Trinajstić information content (AvgIpc) is 3.13. The Labute approximate surface area is 201 Å². The number of carbonyl (C=O) groups excluding carboxylic acids is 1. The number of carbonyl (C=O) groups is 1. The molecule has 0 unspecified atom stereocenters. The molecule has 5 rings (SSSR count). The number of morpholine rings is 1. The minimum atomic E-state index is -0.525. The summed E-state index contributed by atoms with van der Waals surface area (Å²) in [6, 6.07) is 0. The Balaban J connectivity index is 1.39. The molecule has 5 nitrogen and oxygen atoms in total. The minimum absolute atomic E-state index is 0.135. The van der Waals surface area contributed by atoms with Gasteiger partial charge < -0.3 is 14.6 Å². The first-order valence-corrected chi connectivity index (χ1v) is 13.7. The summed E-state index contributed by atoms with van der Waals surface area (Å²) in [5, 5.41) is 10.9. The summed E-state index contributed by atoms with van der Waals surface area (Å²) in [5.41, 5.74) is 0.0828. The summed E-state index contributed by atoms with van der Waals surface area (Å²) in [5.74, 6) is 2.53. The number of ketones is 1. The van der Waals surface area contributed by atoms with Crippen molar-refractivity contribution in [2.75, 3.05) is 46.6 Å². The van der Waals surface area contributed by atoms with Crippen molar-refractivity contribution in [1.82, 2.24) is 4.90 Å². The van der Waals surface area contributed by atoms with Crippen LogP contribution in [0.25, 0.3) is 0 Å². The van der Waals surface area contributed by atoms with E-state index < -0.39 is 5.60 Å². The van der Waals surface area contributed by atoms with E-state index in [2.05, 4.69) is 18.7 Å². The Morgan fingerprint density at radius 1 is 0.970 bits per heavy atom. The summed E-state index contributed by atoms with van der Waals surface area (Å²) in [7, 11) is 1.87. The summed E-state index contributed by atoms with van der Waals surface area (Å²) >= 11 is 0. The normalized spacial score (nSPS) is 50.3. The zero-order valence-corrected chi connectivity index (χ0v) is 21.5. The van der Waals surface area contributed by atoms with Crippen LogP contribution in [0.4, 0.5) is 0 Å². The SMILES string of the molecule is COC[C@]12CC[C@@](C)(O)C[C@@H]1CC[C@@]1(C)[C@@H]3CC[C@H](C(=O)CN4CCOCC4)[C@@]3(C)CC[C@@H]12. The summed E-state index contributed by atoms with van der Waals surface area (Å²) in [4.78, 5) is 15.9. The third-order valence-corrected chi connectivity index (χ3v) is 11.5. The van der Waals surface area contributed by atoms with Crippen LogP contribution in [0.5, 0.6) is 0 Å². The van der Waals surface area contributed by atoms with E-state index in [0.717, 1.165) is 58.6 Å². The largest absolute Gasteiger partial charge is 0.390 e. The van der Waals surface area contributed by atoms with Crippen molar-refractivity contribution in [3.63, 3.8) is 0 Å². The van der Waals surface area contributed by atoms with Crippen molar-refractivity contribution in [1.29, 1.82) is 0 Å². The standard InChI is InChI=1S/C28H47NO4/c1-25(31)11-12-28(19-32-4)20(17-25)7-9-27(3)23-6-5-21(26(23,2)10-8-24(27)28)22(30)18-29-13-15-33-16-14-29/h20-21,23-24,31H,5-19H2,1-4H3/t20-,21+,23+,24-,25+,26+,27-,28+/m0/s1. The van der Waals surface area contributed by atoms with Crippen molar-refractivity contribution in [3.8, 4) is 0 Å². The molecule has 0 amide bonds. The first kappa shape index (κ1) is 24.2. The molecule has 1 heterocycles. The lowest BCUT2D eigenvalue weighted by Crippen LogP contribution is -2.62. The molecule has 33 heavy (non-hydrogen) atoms. The van der Waals surface area contributed by atoms with Gasteiger partial charge in [-0.25, -0.2) is 0 Å². The smallest absolute Gasteiger partial charge is 0.150 e. The molecular formula is C28H47NO4. The van der Waals surface area contributed by atoms with Crippen LogP contribution >= 0.6 is 0 Å². The number of fused-ring (bicyclic) bond motifs is 5. The van der Waals surface area contributed by atoms with Gasteiger partial charge in [0, 0.05) is 31.5 Å². The van der Waals surface area contributed by atoms with Gasteiger partial charge in [0.2, 0.25) is 0 Å². The molecule has 5 heteroatoms. The molecule has 188 valence electrons. The second kappa shape index (κ2) is 8.57. The van der Waals surface area contributed by atoms with Crippen LogP contribution in [0.2, 0.25) is 0 Å². The Bertz CT molecular complexity index is 748. The molecule has 5 fully saturated rings. The number of hydrogen-bond acceptors (Lipinski definition) is 5. The van der Waals surface area contributed by atoms with Crippen LogP contribution in [0, 0.1) is 39.9 Å². The molecule has 0 aromatic rings. The Morgan fingerprint density at radius 2 is 1.70 bits per heavy atom. The fourth-order valence-electron chi connectivity index (χ4n) is 10.0. The van der Waals surface area contributed by atoms with Gasteiger partial charge in [0.05, 0.1) is 32.0 Å². The molecule has 0 radical (unpaired) electrons. The predicted octanol–water partition coefficient (Wildman–Crippen LogP) is 4.31. The van der Waals surface area contributed by atoms with Gasteiger partial charge in [0.25, 0.3) is 0 Å². The first-order chi connectivity index (χ1) is 15.6. The van der Waals surface area contributed by atoms with Crippen LogP contribution in [0.3, 0.4) is 0 Å². The van der Waals surface area contributed by atoms with Gasteiger partial charge in [0.1, 0.15) is 5.78 Å².